The van der Waals surface area contributed by atoms with Crippen LogP contribution in [-0.2, 0) is 8.64 Å². The third kappa shape index (κ3) is 4.30. The van der Waals surface area contributed by atoms with Gasteiger partial charge < -0.3 is 9.05 Å². The Morgan fingerprint density at radius 2 is 1.30 bits per heavy atom. The minimum absolute atomic E-state index is 0.198. The van der Waals surface area contributed by atoms with Crippen molar-refractivity contribution in [3.8, 4) is 11.5 Å². The summed E-state index contributed by atoms with van der Waals surface area (Å²) in [6.45, 7) is 0. The van der Waals surface area contributed by atoms with Crippen LogP contribution in [0, 0.1) is 0 Å². The van der Waals surface area contributed by atoms with E-state index in [1.807, 2.05) is 0 Å². The van der Waals surface area contributed by atoms with Crippen LogP contribution in [0.3, 0.4) is 0 Å². The van der Waals surface area contributed by atoms with E-state index < -0.39 is 7.82 Å². The zero-order chi connectivity index (χ0) is 14.6. The quantitative estimate of drug-likeness (QED) is 0.644. The molecule has 0 spiro atoms. The Balaban J connectivity index is 2.19. The molecule has 4 nitrogen and oxygen atoms in total. The van der Waals surface area contributed by atoms with Crippen molar-refractivity contribution in [1.29, 1.82) is 0 Å². The van der Waals surface area contributed by atoms with E-state index in [0.717, 1.165) is 0 Å². The van der Waals surface area contributed by atoms with Crippen LogP contribution in [0.5, 0.6) is 11.5 Å². The molecule has 0 heterocycles. The van der Waals surface area contributed by atoms with Crippen molar-refractivity contribution in [3.05, 3.63) is 58.6 Å². The summed E-state index contributed by atoms with van der Waals surface area (Å²) in [4.78, 5) is 0. The molecular weight excluding hydrogens is 345 g/mol. The third-order valence-electron chi connectivity index (χ3n) is 2.11. The summed E-state index contributed by atoms with van der Waals surface area (Å²) in [6.07, 6.45) is 0. The molecule has 2 aromatic carbocycles. The Morgan fingerprint density at radius 3 is 1.65 bits per heavy atom. The molecule has 0 aliphatic carbocycles. The first-order valence-electron chi connectivity index (χ1n) is 5.31. The monoisotopic (exact) mass is 352 g/mol. The molecule has 8 heteroatoms. The number of rotatable bonds is 5. The maximum atomic E-state index is 12.3. The summed E-state index contributed by atoms with van der Waals surface area (Å²) in [5.41, 5.74) is 0. The predicted octanol–water partition coefficient (Wildman–Crippen LogP) is 5.73. The summed E-state index contributed by atoms with van der Waals surface area (Å²) in [5.74, 6) is 0.395. The molecule has 0 aromatic heterocycles. The molecular formula is C12H8Cl3O4P. The molecule has 2 rings (SSSR count). The van der Waals surface area contributed by atoms with Gasteiger partial charge in [-0.25, -0.2) is 4.57 Å². The fourth-order valence-corrected chi connectivity index (χ4v) is 2.72. The van der Waals surface area contributed by atoms with Gasteiger partial charge in [0.15, 0.2) is 0 Å². The van der Waals surface area contributed by atoms with E-state index in [1.165, 1.54) is 24.3 Å². The second-order valence-electron chi connectivity index (χ2n) is 3.61. The first-order valence-corrected chi connectivity index (χ1v) is 7.84. The van der Waals surface area contributed by atoms with Gasteiger partial charge >= 0.3 is 7.82 Å². The van der Waals surface area contributed by atoms with E-state index in [1.54, 1.807) is 24.3 Å². The summed E-state index contributed by atoms with van der Waals surface area (Å²) in [6, 6.07) is 12.5. The lowest BCUT2D eigenvalue weighted by molar-refractivity contribution is 0.308. The SMILES string of the molecule is O=P(OCl)(Oc1cccc(Cl)c1)Oc1cccc(Cl)c1. The molecule has 0 saturated carbocycles. The summed E-state index contributed by atoms with van der Waals surface area (Å²) in [7, 11) is -4.04. The molecule has 0 bridgehead atoms. The molecule has 0 N–H and O–H groups in total. The van der Waals surface area contributed by atoms with Crippen LogP contribution < -0.4 is 9.05 Å². The lowest BCUT2D eigenvalue weighted by Gasteiger charge is -2.15. The Kier molecular flexibility index (Phi) is 5.19. The summed E-state index contributed by atoms with van der Waals surface area (Å²) >= 11 is 16.8. The van der Waals surface area contributed by atoms with E-state index >= 15 is 0 Å². The van der Waals surface area contributed by atoms with Gasteiger partial charge in [-0.1, -0.05) is 35.3 Å². The predicted molar refractivity (Wildman–Crippen MR) is 78.7 cm³/mol. The summed E-state index contributed by atoms with van der Waals surface area (Å²) < 4.78 is 26.8. The molecule has 0 aliphatic heterocycles. The van der Waals surface area contributed by atoms with Crippen molar-refractivity contribution in [3.63, 3.8) is 0 Å². The highest BCUT2D eigenvalue weighted by molar-refractivity contribution is 7.50. The van der Waals surface area contributed by atoms with Gasteiger partial charge in [-0.2, -0.15) is 4.08 Å². The van der Waals surface area contributed by atoms with Crippen LogP contribution in [0.25, 0.3) is 0 Å². The second-order valence-corrected chi connectivity index (χ2v) is 6.30. The number of phosphoric acid groups is 1. The van der Waals surface area contributed by atoms with Crippen molar-refractivity contribution < 1.29 is 17.7 Å². The van der Waals surface area contributed by atoms with E-state index in [2.05, 4.69) is 4.08 Å². The lowest BCUT2D eigenvalue weighted by atomic mass is 10.3. The average molecular weight is 354 g/mol. The van der Waals surface area contributed by atoms with Gasteiger partial charge in [0.1, 0.15) is 11.5 Å². The molecule has 0 saturated heterocycles. The largest absolute Gasteiger partial charge is 0.604 e. The van der Waals surface area contributed by atoms with Crippen LogP contribution in [0.4, 0.5) is 0 Å². The first-order chi connectivity index (χ1) is 9.50. The molecule has 0 radical (unpaired) electrons. The van der Waals surface area contributed by atoms with Crippen LogP contribution >= 0.6 is 42.9 Å². The maximum Gasteiger partial charge on any atom is 0.604 e. The van der Waals surface area contributed by atoms with Crippen LogP contribution in [-0.4, -0.2) is 0 Å². The van der Waals surface area contributed by atoms with Gasteiger partial charge in [0.25, 0.3) is 0 Å². The standard InChI is InChI=1S/C12H8Cl3O4P/c13-9-3-1-5-11(7-9)17-20(16,19-15)18-12-6-2-4-10(14)8-12/h1-8H. The fourth-order valence-electron chi connectivity index (χ4n) is 1.35. The van der Waals surface area contributed by atoms with Gasteiger partial charge in [-0.3, -0.25) is 0 Å². The highest BCUT2D eigenvalue weighted by Crippen LogP contribution is 2.51. The number of hydrogen-bond acceptors (Lipinski definition) is 4. The topological polar surface area (TPSA) is 44.8 Å². The average Bonchev–Trinajstić information content (AvgIpc) is 2.38. The Bertz CT molecular complexity index is 599. The highest BCUT2D eigenvalue weighted by Gasteiger charge is 2.31. The maximum absolute atomic E-state index is 12.3. The zero-order valence-electron chi connectivity index (χ0n) is 9.83. The molecule has 0 aliphatic rings. The lowest BCUT2D eigenvalue weighted by Crippen LogP contribution is -2.00. The smallest absolute Gasteiger partial charge is 0.394 e. The van der Waals surface area contributed by atoms with Gasteiger partial charge in [0.2, 0.25) is 0 Å². The van der Waals surface area contributed by atoms with Gasteiger partial charge in [-0.15, -0.1) is 0 Å². The van der Waals surface area contributed by atoms with Crippen LogP contribution in [0.15, 0.2) is 48.5 Å². The minimum atomic E-state index is -4.04. The minimum Gasteiger partial charge on any atom is -0.394 e. The van der Waals surface area contributed by atoms with E-state index in [9.17, 15) is 4.57 Å². The Hall–Kier alpha value is -0.900. The molecule has 20 heavy (non-hydrogen) atoms. The molecule has 0 fully saturated rings. The molecule has 2 aromatic rings. The van der Waals surface area contributed by atoms with Crippen molar-refractivity contribution >= 4 is 42.9 Å². The second kappa shape index (κ2) is 6.70. The number of benzene rings is 2. The number of phosphoric ester groups is 1. The van der Waals surface area contributed by atoms with Crippen molar-refractivity contribution in [1.82, 2.24) is 0 Å². The van der Waals surface area contributed by atoms with E-state index in [0.29, 0.717) is 10.0 Å². The Morgan fingerprint density at radius 1 is 0.850 bits per heavy atom. The molecule has 0 atom stereocenters. The van der Waals surface area contributed by atoms with Gasteiger partial charge in [0.05, 0.1) is 11.9 Å². The molecule has 106 valence electrons. The van der Waals surface area contributed by atoms with Gasteiger partial charge in [-0.05, 0) is 36.4 Å². The van der Waals surface area contributed by atoms with Crippen LogP contribution in [0.1, 0.15) is 0 Å². The van der Waals surface area contributed by atoms with Crippen molar-refractivity contribution in [2.75, 3.05) is 0 Å². The summed E-state index contributed by atoms with van der Waals surface area (Å²) in [5, 5.41) is 0.817. The molecule has 0 amide bonds. The van der Waals surface area contributed by atoms with Gasteiger partial charge in [0, 0.05) is 10.0 Å². The van der Waals surface area contributed by atoms with Crippen LogP contribution in [0.2, 0.25) is 10.0 Å². The number of halogens is 3. The Labute approximate surface area is 130 Å². The normalized spacial score (nSPS) is 11.2. The van der Waals surface area contributed by atoms with Crippen molar-refractivity contribution in [2.45, 2.75) is 0 Å². The zero-order valence-corrected chi connectivity index (χ0v) is 13.0. The van der Waals surface area contributed by atoms with E-state index in [4.69, 9.17) is 44.1 Å². The van der Waals surface area contributed by atoms with E-state index in [-0.39, 0.29) is 11.5 Å². The number of hydrogen-bond donors (Lipinski definition) is 0. The first kappa shape index (κ1) is 15.5. The third-order valence-corrected chi connectivity index (χ3v) is 4.13. The fraction of sp³-hybridized carbons (Fsp3) is 0. The highest BCUT2D eigenvalue weighted by atomic mass is 35.5. The molecule has 0 unspecified atom stereocenters. The van der Waals surface area contributed by atoms with Crippen molar-refractivity contribution in [2.24, 2.45) is 0 Å².